The van der Waals surface area contributed by atoms with Gasteiger partial charge >= 0.3 is 0 Å². The van der Waals surface area contributed by atoms with Crippen LogP contribution in [0.15, 0.2) is 36.7 Å². The second-order valence-corrected chi connectivity index (χ2v) is 3.59. The molecule has 3 rings (SSSR count). The molecule has 0 amide bonds. The zero-order valence-electron chi connectivity index (χ0n) is 7.80. The molecule has 0 saturated carbocycles. The number of rotatable bonds is 1. The van der Waals surface area contributed by atoms with Crippen molar-refractivity contribution < 1.29 is 0 Å². The molecule has 14 heavy (non-hydrogen) atoms. The van der Waals surface area contributed by atoms with E-state index in [4.69, 9.17) is 0 Å². The van der Waals surface area contributed by atoms with Gasteiger partial charge in [0, 0.05) is 6.42 Å². The Labute approximate surface area is 82.4 Å². The minimum atomic E-state index is 0.397. The van der Waals surface area contributed by atoms with Gasteiger partial charge in [0.2, 0.25) is 0 Å². The SMILES string of the molecule is c1ccc([C@H]2CCc3ncnn32)cc1. The molecule has 0 radical (unpaired) electrons. The lowest BCUT2D eigenvalue weighted by atomic mass is 10.1. The molecule has 1 aromatic heterocycles. The van der Waals surface area contributed by atoms with E-state index in [2.05, 4.69) is 34.3 Å². The maximum absolute atomic E-state index is 4.26. The number of benzene rings is 1. The summed E-state index contributed by atoms with van der Waals surface area (Å²) in [6.45, 7) is 0. The fraction of sp³-hybridized carbons (Fsp3) is 0.273. The molecule has 70 valence electrons. The highest BCUT2D eigenvalue weighted by atomic mass is 15.4. The van der Waals surface area contributed by atoms with Gasteiger partial charge in [0.25, 0.3) is 0 Å². The van der Waals surface area contributed by atoms with E-state index in [0.29, 0.717) is 6.04 Å². The van der Waals surface area contributed by atoms with E-state index in [1.165, 1.54) is 5.56 Å². The molecule has 1 aliphatic heterocycles. The van der Waals surface area contributed by atoms with Gasteiger partial charge in [-0.15, -0.1) is 0 Å². The Morgan fingerprint density at radius 1 is 1.21 bits per heavy atom. The number of aromatic nitrogens is 3. The number of hydrogen-bond acceptors (Lipinski definition) is 2. The first-order chi connectivity index (χ1) is 6.95. The van der Waals surface area contributed by atoms with Gasteiger partial charge < -0.3 is 0 Å². The van der Waals surface area contributed by atoms with Crippen LogP contribution in [0.4, 0.5) is 0 Å². The number of aryl methyl sites for hydroxylation is 1. The average molecular weight is 185 g/mol. The van der Waals surface area contributed by atoms with E-state index in [1.807, 2.05) is 10.7 Å². The highest BCUT2D eigenvalue weighted by Gasteiger charge is 2.24. The van der Waals surface area contributed by atoms with Crippen molar-refractivity contribution in [1.82, 2.24) is 14.8 Å². The van der Waals surface area contributed by atoms with Crippen LogP contribution < -0.4 is 0 Å². The fourth-order valence-corrected chi connectivity index (χ4v) is 2.08. The first-order valence-corrected chi connectivity index (χ1v) is 4.88. The van der Waals surface area contributed by atoms with Crippen LogP contribution in [0.2, 0.25) is 0 Å². The topological polar surface area (TPSA) is 30.7 Å². The van der Waals surface area contributed by atoms with E-state index in [9.17, 15) is 0 Å². The van der Waals surface area contributed by atoms with Crippen LogP contribution in [-0.4, -0.2) is 14.8 Å². The van der Waals surface area contributed by atoms with Gasteiger partial charge in [0.05, 0.1) is 6.04 Å². The fourth-order valence-electron chi connectivity index (χ4n) is 2.08. The molecule has 3 heteroatoms. The Hall–Kier alpha value is -1.64. The van der Waals surface area contributed by atoms with Gasteiger partial charge in [-0.1, -0.05) is 30.3 Å². The number of fused-ring (bicyclic) bond motifs is 1. The lowest BCUT2D eigenvalue weighted by Crippen LogP contribution is -2.06. The van der Waals surface area contributed by atoms with Crippen molar-refractivity contribution in [1.29, 1.82) is 0 Å². The lowest BCUT2D eigenvalue weighted by Gasteiger charge is -2.10. The van der Waals surface area contributed by atoms with E-state index in [-0.39, 0.29) is 0 Å². The molecule has 1 aliphatic rings. The van der Waals surface area contributed by atoms with E-state index in [0.717, 1.165) is 18.7 Å². The highest BCUT2D eigenvalue weighted by Crippen LogP contribution is 2.29. The zero-order valence-corrected chi connectivity index (χ0v) is 7.80. The second kappa shape index (κ2) is 2.94. The van der Waals surface area contributed by atoms with Gasteiger partial charge in [0.1, 0.15) is 12.2 Å². The largest absolute Gasteiger partial charge is 0.243 e. The maximum atomic E-state index is 4.26. The molecule has 2 heterocycles. The van der Waals surface area contributed by atoms with Crippen molar-refractivity contribution in [2.24, 2.45) is 0 Å². The molecule has 0 saturated heterocycles. The quantitative estimate of drug-likeness (QED) is 0.678. The van der Waals surface area contributed by atoms with Gasteiger partial charge in [-0.25, -0.2) is 9.67 Å². The molecule has 1 aromatic carbocycles. The van der Waals surface area contributed by atoms with Crippen molar-refractivity contribution in [2.45, 2.75) is 18.9 Å². The van der Waals surface area contributed by atoms with Crippen LogP contribution in [0, 0.1) is 0 Å². The maximum Gasteiger partial charge on any atom is 0.138 e. The Morgan fingerprint density at radius 3 is 2.93 bits per heavy atom. The monoisotopic (exact) mass is 185 g/mol. The predicted molar refractivity (Wildman–Crippen MR) is 52.9 cm³/mol. The molecule has 0 unspecified atom stereocenters. The van der Waals surface area contributed by atoms with Crippen molar-refractivity contribution in [3.8, 4) is 0 Å². The molecule has 2 aromatic rings. The van der Waals surface area contributed by atoms with Gasteiger partial charge in [-0.2, -0.15) is 5.10 Å². The molecule has 0 spiro atoms. The third-order valence-corrected chi connectivity index (χ3v) is 2.77. The van der Waals surface area contributed by atoms with Gasteiger partial charge in [0.15, 0.2) is 0 Å². The summed E-state index contributed by atoms with van der Waals surface area (Å²) in [5.41, 5.74) is 1.33. The van der Waals surface area contributed by atoms with Crippen molar-refractivity contribution in [2.75, 3.05) is 0 Å². The van der Waals surface area contributed by atoms with Crippen LogP contribution in [0.5, 0.6) is 0 Å². The van der Waals surface area contributed by atoms with Crippen molar-refractivity contribution in [3.63, 3.8) is 0 Å². The molecule has 3 nitrogen and oxygen atoms in total. The number of hydrogen-bond donors (Lipinski definition) is 0. The van der Waals surface area contributed by atoms with Crippen molar-refractivity contribution >= 4 is 0 Å². The molecule has 0 bridgehead atoms. The Kier molecular flexibility index (Phi) is 1.63. The zero-order chi connectivity index (χ0) is 9.38. The van der Waals surface area contributed by atoms with Gasteiger partial charge in [-0.05, 0) is 12.0 Å². The van der Waals surface area contributed by atoms with E-state index < -0.39 is 0 Å². The standard InChI is InChI=1S/C11H11N3/c1-2-4-9(5-3-1)10-6-7-11-12-8-13-14(10)11/h1-5,8,10H,6-7H2/t10-/m1/s1. The van der Waals surface area contributed by atoms with Crippen molar-refractivity contribution in [3.05, 3.63) is 48.0 Å². The van der Waals surface area contributed by atoms with Gasteiger partial charge in [-0.3, -0.25) is 0 Å². The van der Waals surface area contributed by atoms with Crippen LogP contribution in [0.3, 0.4) is 0 Å². The number of nitrogens with zero attached hydrogens (tertiary/aromatic N) is 3. The van der Waals surface area contributed by atoms with E-state index in [1.54, 1.807) is 6.33 Å². The minimum Gasteiger partial charge on any atom is -0.243 e. The first kappa shape index (κ1) is 7.74. The molecular weight excluding hydrogens is 174 g/mol. The normalized spacial score (nSPS) is 19.6. The summed E-state index contributed by atoms with van der Waals surface area (Å²) >= 11 is 0. The lowest BCUT2D eigenvalue weighted by molar-refractivity contribution is 0.555. The Morgan fingerprint density at radius 2 is 2.07 bits per heavy atom. The second-order valence-electron chi connectivity index (χ2n) is 3.59. The molecule has 0 aliphatic carbocycles. The highest BCUT2D eigenvalue weighted by molar-refractivity contribution is 5.21. The first-order valence-electron chi connectivity index (χ1n) is 4.88. The molecule has 1 atom stereocenters. The van der Waals surface area contributed by atoms with Crippen LogP contribution in [-0.2, 0) is 6.42 Å². The average Bonchev–Trinajstić information content (AvgIpc) is 2.79. The summed E-state index contributed by atoms with van der Waals surface area (Å²) in [7, 11) is 0. The van der Waals surface area contributed by atoms with Crippen LogP contribution in [0.25, 0.3) is 0 Å². The molecular formula is C11H11N3. The summed E-state index contributed by atoms with van der Waals surface area (Å²) in [5.74, 6) is 1.11. The minimum absolute atomic E-state index is 0.397. The summed E-state index contributed by atoms with van der Waals surface area (Å²) in [4.78, 5) is 4.22. The smallest absolute Gasteiger partial charge is 0.138 e. The summed E-state index contributed by atoms with van der Waals surface area (Å²) < 4.78 is 2.04. The Balaban J connectivity index is 2.03. The van der Waals surface area contributed by atoms with Crippen LogP contribution >= 0.6 is 0 Å². The summed E-state index contributed by atoms with van der Waals surface area (Å²) in [6.07, 6.45) is 3.81. The third kappa shape index (κ3) is 1.05. The Bertz CT molecular complexity index is 433. The van der Waals surface area contributed by atoms with E-state index >= 15 is 0 Å². The summed E-state index contributed by atoms with van der Waals surface area (Å²) in [5, 5.41) is 4.26. The molecule has 0 N–H and O–H groups in total. The molecule has 0 fully saturated rings. The summed E-state index contributed by atoms with van der Waals surface area (Å²) in [6, 6.07) is 10.9. The predicted octanol–water partition coefficient (Wildman–Crippen LogP) is 1.81. The van der Waals surface area contributed by atoms with Crippen LogP contribution in [0.1, 0.15) is 23.9 Å². The third-order valence-electron chi connectivity index (χ3n) is 2.77.